The third-order valence-corrected chi connectivity index (χ3v) is 5.73. The highest BCUT2D eigenvalue weighted by Gasteiger charge is 2.28. The minimum Gasteiger partial charge on any atom is -0.370 e. The van der Waals surface area contributed by atoms with E-state index >= 15 is 0 Å². The minimum atomic E-state index is -2.99. The molecule has 1 aromatic rings. The van der Waals surface area contributed by atoms with Gasteiger partial charge in [-0.15, -0.1) is 0 Å². The SMILES string of the molecule is Cc1cccc(NC(N)=NCC2CCCCS2(=O)=O)c1. The average Bonchev–Trinajstić information content (AvgIpc) is 2.37. The predicted octanol–water partition coefficient (Wildman–Crippen LogP) is 1.69. The van der Waals surface area contributed by atoms with E-state index in [0.29, 0.717) is 6.42 Å². The first kappa shape index (κ1) is 14.8. The molecule has 3 N–H and O–H groups in total. The van der Waals surface area contributed by atoms with Crippen molar-refractivity contribution in [2.45, 2.75) is 31.4 Å². The first-order valence-electron chi connectivity index (χ1n) is 6.82. The van der Waals surface area contributed by atoms with Gasteiger partial charge in [-0.1, -0.05) is 18.6 Å². The molecule has 1 aliphatic heterocycles. The largest absolute Gasteiger partial charge is 0.370 e. The fourth-order valence-corrected chi connectivity index (χ4v) is 4.10. The Kier molecular flexibility index (Phi) is 4.65. The lowest BCUT2D eigenvalue weighted by atomic mass is 10.2. The maximum atomic E-state index is 11.9. The molecule has 1 saturated heterocycles. The Labute approximate surface area is 120 Å². The van der Waals surface area contributed by atoms with Crippen molar-refractivity contribution in [3.05, 3.63) is 29.8 Å². The normalized spacial score (nSPS) is 22.4. The Morgan fingerprint density at radius 3 is 2.95 bits per heavy atom. The summed E-state index contributed by atoms with van der Waals surface area (Å²) in [5.41, 5.74) is 7.79. The summed E-state index contributed by atoms with van der Waals surface area (Å²) in [7, 11) is -2.99. The standard InChI is InChI=1S/C14H21N3O2S/c1-11-5-4-6-12(9-11)17-14(15)16-10-13-7-2-3-8-20(13,18)19/h4-6,9,13H,2-3,7-8,10H2,1H3,(H3,15,16,17). The molecule has 20 heavy (non-hydrogen) atoms. The summed E-state index contributed by atoms with van der Waals surface area (Å²) in [5.74, 6) is 0.537. The van der Waals surface area contributed by atoms with E-state index in [1.807, 2.05) is 31.2 Å². The number of nitrogens with zero attached hydrogens (tertiary/aromatic N) is 1. The maximum absolute atomic E-state index is 11.9. The molecule has 2 rings (SSSR count). The van der Waals surface area contributed by atoms with Crippen LogP contribution < -0.4 is 11.1 Å². The molecule has 0 saturated carbocycles. The first-order chi connectivity index (χ1) is 9.47. The molecule has 1 unspecified atom stereocenters. The highest BCUT2D eigenvalue weighted by atomic mass is 32.2. The highest BCUT2D eigenvalue weighted by Crippen LogP contribution is 2.19. The second kappa shape index (κ2) is 6.26. The van der Waals surface area contributed by atoms with Gasteiger partial charge in [0.05, 0.1) is 17.5 Å². The number of nitrogens with one attached hydrogen (secondary N) is 1. The van der Waals surface area contributed by atoms with Crippen LogP contribution in [0, 0.1) is 6.92 Å². The van der Waals surface area contributed by atoms with Crippen molar-refractivity contribution in [2.24, 2.45) is 10.7 Å². The number of hydrogen-bond acceptors (Lipinski definition) is 3. The van der Waals surface area contributed by atoms with Crippen LogP contribution in [0.5, 0.6) is 0 Å². The van der Waals surface area contributed by atoms with Crippen LogP contribution in [0.25, 0.3) is 0 Å². The molecule has 1 heterocycles. The summed E-state index contributed by atoms with van der Waals surface area (Å²) in [6.07, 6.45) is 2.40. The number of hydrogen-bond donors (Lipinski definition) is 2. The molecule has 5 nitrogen and oxygen atoms in total. The molecule has 1 atom stereocenters. The zero-order valence-electron chi connectivity index (χ0n) is 11.7. The van der Waals surface area contributed by atoms with Crippen molar-refractivity contribution >= 4 is 21.5 Å². The van der Waals surface area contributed by atoms with Crippen LogP contribution in [-0.2, 0) is 9.84 Å². The number of aryl methyl sites for hydroxylation is 1. The lowest BCUT2D eigenvalue weighted by molar-refractivity contribution is 0.541. The summed E-state index contributed by atoms with van der Waals surface area (Å²) in [5, 5.41) is 2.60. The number of nitrogens with two attached hydrogens (primary N) is 1. The van der Waals surface area contributed by atoms with Crippen molar-refractivity contribution in [1.29, 1.82) is 0 Å². The van der Waals surface area contributed by atoms with Gasteiger partial charge in [0.2, 0.25) is 0 Å². The molecule has 0 aliphatic carbocycles. The Morgan fingerprint density at radius 2 is 2.25 bits per heavy atom. The second-order valence-electron chi connectivity index (χ2n) is 5.21. The smallest absolute Gasteiger partial charge is 0.193 e. The van der Waals surface area contributed by atoms with E-state index < -0.39 is 9.84 Å². The third kappa shape index (κ3) is 3.96. The highest BCUT2D eigenvalue weighted by molar-refractivity contribution is 7.92. The van der Waals surface area contributed by atoms with E-state index in [1.54, 1.807) is 0 Å². The zero-order valence-corrected chi connectivity index (χ0v) is 12.5. The summed E-state index contributed by atoms with van der Waals surface area (Å²) in [6, 6.07) is 7.77. The van der Waals surface area contributed by atoms with Crippen molar-refractivity contribution in [3.63, 3.8) is 0 Å². The Morgan fingerprint density at radius 1 is 1.45 bits per heavy atom. The molecule has 110 valence electrons. The summed E-state index contributed by atoms with van der Waals surface area (Å²) >= 11 is 0. The van der Waals surface area contributed by atoms with Gasteiger partial charge in [0.1, 0.15) is 0 Å². The molecule has 0 amide bonds. The number of benzene rings is 1. The predicted molar refractivity (Wildman–Crippen MR) is 82.7 cm³/mol. The second-order valence-corrected chi connectivity index (χ2v) is 7.61. The van der Waals surface area contributed by atoms with Crippen LogP contribution in [0.1, 0.15) is 24.8 Å². The third-order valence-electron chi connectivity index (χ3n) is 3.47. The number of guanidine groups is 1. The van der Waals surface area contributed by atoms with Gasteiger partial charge in [-0.25, -0.2) is 8.42 Å². The van der Waals surface area contributed by atoms with Gasteiger partial charge < -0.3 is 11.1 Å². The van der Waals surface area contributed by atoms with E-state index in [0.717, 1.165) is 24.1 Å². The van der Waals surface area contributed by atoms with E-state index in [4.69, 9.17) is 5.73 Å². The topological polar surface area (TPSA) is 84.5 Å². The monoisotopic (exact) mass is 295 g/mol. The molecule has 6 heteroatoms. The Hall–Kier alpha value is -1.56. The van der Waals surface area contributed by atoms with Crippen LogP contribution in [0.4, 0.5) is 5.69 Å². The summed E-state index contributed by atoms with van der Waals surface area (Å²) in [4.78, 5) is 4.17. The van der Waals surface area contributed by atoms with Crippen LogP contribution in [0.15, 0.2) is 29.3 Å². The Bertz CT molecular complexity index is 596. The Balaban J connectivity index is 1.97. The molecule has 1 aromatic carbocycles. The molecule has 1 aliphatic rings. The zero-order chi connectivity index (χ0) is 14.6. The van der Waals surface area contributed by atoms with Gasteiger partial charge in [0, 0.05) is 5.69 Å². The molecule has 0 bridgehead atoms. The first-order valence-corrected chi connectivity index (χ1v) is 8.54. The van der Waals surface area contributed by atoms with Crippen molar-refractivity contribution in [2.75, 3.05) is 17.6 Å². The quantitative estimate of drug-likeness (QED) is 0.656. The number of rotatable bonds is 3. The number of aliphatic imine (C=N–C) groups is 1. The van der Waals surface area contributed by atoms with Gasteiger partial charge in [-0.3, -0.25) is 4.99 Å². The molecule has 1 fully saturated rings. The average molecular weight is 295 g/mol. The van der Waals surface area contributed by atoms with Crippen LogP contribution >= 0.6 is 0 Å². The van der Waals surface area contributed by atoms with Gasteiger partial charge >= 0.3 is 0 Å². The van der Waals surface area contributed by atoms with Gasteiger partial charge in [-0.05, 0) is 37.5 Å². The lowest BCUT2D eigenvalue weighted by Crippen LogP contribution is -2.32. The fraction of sp³-hybridized carbons (Fsp3) is 0.500. The fourth-order valence-electron chi connectivity index (χ4n) is 2.34. The summed E-state index contributed by atoms with van der Waals surface area (Å²) in [6.45, 7) is 2.24. The van der Waals surface area contributed by atoms with E-state index in [9.17, 15) is 8.42 Å². The number of anilines is 1. The molecule has 0 aromatic heterocycles. The van der Waals surface area contributed by atoms with Gasteiger partial charge in [0.25, 0.3) is 0 Å². The number of sulfone groups is 1. The molecular formula is C14H21N3O2S. The van der Waals surface area contributed by atoms with Crippen LogP contribution in [-0.4, -0.2) is 31.9 Å². The van der Waals surface area contributed by atoms with Crippen LogP contribution in [0.3, 0.4) is 0 Å². The molecule has 0 radical (unpaired) electrons. The molecular weight excluding hydrogens is 274 g/mol. The van der Waals surface area contributed by atoms with E-state index in [2.05, 4.69) is 10.3 Å². The maximum Gasteiger partial charge on any atom is 0.193 e. The van der Waals surface area contributed by atoms with Gasteiger partial charge in [0.15, 0.2) is 15.8 Å². The van der Waals surface area contributed by atoms with Crippen molar-refractivity contribution in [3.8, 4) is 0 Å². The molecule has 0 spiro atoms. The lowest BCUT2D eigenvalue weighted by Gasteiger charge is -2.20. The summed E-state index contributed by atoms with van der Waals surface area (Å²) < 4.78 is 23.7. The van der Waals surface area contributed by atoms with E-state index in [1.165, 1.54) is 0 Å². The van der Waals surface area contributed by atoms with Crippen molar-refractivity contribution in [1.82, 2.24) is 0 Å². The van der Waals surface area contributed by atoms with E-state index in [-0.39, 0.29) is 23.5 Å². The van der Waals surface area contributed by atoms with Crippen molar-refractivity contribution < 1.29 is 8.42 Å². The van der Waals surface area contributed by atoms with Gasteiger partial charge in [-0.2, -0.15) is 0 Å². The minimum absolute atomic E-state index is 0.243. The van der Waals surface area contributed by atoms with Crippen LogP contribution in [0.2, 0.25) is 0 Å².